The zero-order chi connectivity index (χ0) is 15.0. The Balaban J connectivity index is 1.84. The second-order valence-corrected chi connectivity index (χ2v) is 6.48. The summed E-state index contributed by atoms with van der Waals surface area (Å²) in [6.45, 7) is 4.54. The van der Waals surface area contributed by atoms with Crippen LogP contribution in [0.15, 0.2) is 0 Å². The van der Waals surface area contributed by atoms with Crippen LogP contribution in [-0.2, 0) is 0 Å². The third-order valence-electron chi connectivity index (χ3n) is 5.04. The minimum atomic E-state index is -0.303. The molecule has 3 rings (SSSR count). The van der Waals surface area contributed by atoms with Gasteiger partial charge in [-0.1, -0.05) is 6.92 Å². The second-order valence-electron chi connectivity index (χ2n) is 6.48. The van der Waals surface area contributed by atoms with E-state index in [1.165, 1.54) is 12.8 Å². The molecule has 21 heavy (non-hydrogen) atoms. The van der Waals surface area contributed by atoms with Gasteiger partial charge in [-0.25, -0.2) is 14.4 Å². The van der Waals surface area contributed by atoms with Crippen molar-refractivity contribution in [3.63, 3.8) is 0 Å². The first kappa shape index (κ1) is 14.7. The molecular weight excluding hydrogens is 267 g/mol. The molecule has 4 nitrogen and oxygen atoms in total. The number of anilines is 1. The van der Waals surface area contributed by atoms with Crippen molar-refractivity contribution >= 4 is 5.82 Å². The molecule has 0 saturated carbocycles. The van der Waals surface area contributed by atoms with Crippen molar-refractivity contribution in [1.82, 2.24) is 14.9 Å². The summed E-state index contributed by atoms with van der Waals surface area (Å²) in [5.41, 5.74) is 0.463. The van der Waals surface area contributed by atoms with Gasteiger partial charge in [0.15, 0.2) is 11.6 Å². The number of hydrogen-bond donors (Lipinski definition) is 1. The number of aromatic nitrogens is 2. The monoisotopic (exact) mass is 292 g/mol. The van der Waals surface area contributed by atoms with E-state index < -0.39 is 0 Å². The van der Waals surface area contributed by atoms with Crippen LogP contribution in [0.4, 0.5) is 10.2 Å². The maximum atomic E-state index is 14.1. The van der Waals surface area contributed by atoms with Crippen LogP contribution in [0, 0.1) is 12.7 Å². The molecule has 3 heterocycles. The molecule has 2 aliphatic heterocycles. The van der Waals surface area contributed by atoms with Gasteiger partial charge >= 0.3 is 0 Å². The maximum absolute atomic E-state index is 14.1. The van der Waals surface area contributed by atoms with Gasteiger partial charge in [-0.05, 0) is 46.1 Å². The lowest BCUT2D eigenvalue weighted by Gasteiger charge is -2.35. The van der Waals surface area contributed by atoms with Crippen molar-refractivity contribution in [1.29, 1.82) is 0 Å². The van der Waals surface area contributed by atoms with Crippen molar-refractivity contribution in [3.05, 3.63) is 17.3 Å². The van der Waals surface area contributed by atoms with Crippen molar-refractivity contribution in [2.75, 3.05) is 18.9 Å². The van der Waals surface area contributed by atoms with E-state index >= 15 is 0 Å². The van der Waals surface area contributed by atoms with Crippen LogP contribution in [0.25, 0.3) is 0 Å². The summed E-state index contributed by atoms with van der Waals surface area (Å²) in [4.78, 5) is 11.4. The minimum absolute atomic E-state index is 0.303. The molecule has 5 heteroatoms. The molecule has 0 spiro atoms. The first-order chi connectivity index (χ1) is 10.1. The average Bonchev–Trinajstić information content (AvgIpc) is 2.70. The normalized spacial score (nSPS) is 28.9. The van der Waals surface area contributed by atoms with Crippen molar-refractivity contribution < 1.29 is 4.39 Å². The lowest BCUT2D eigenvalue weighted by atomic mass is 9.90. The number of nitrogens with zero attached hydrogens (tertiary/aromatic N) is 3. The van der Waals surface area contributed by atoms with Gasteiger partial charge in [0, 0.05) is 24.5 Å². The van der Waals surface area contributed by atoms with Gasteiger partial charge in [0.25, 0.3) is 0 Å². The fraction of sp³-hybridized carbons (Fsp3) is 0.750. The van der Waals surface area contributed by atoms with Crippen molar-refractivity contribution in [3.8, 4) is 0 Å². The van der Waals surface area contributed by atoms with Gasteiger partial charge in [-0.3, -0.25) is 0 Å². The highest BCUT2D eigenvalue weighted by atomic mass is 19.1. The van der Waals surface area contributed by atoms with Crippen LogP contribution in [0.3, 0.4) is 0 Å². The molecule has 0 aromatic carbocycles. The van der Waals surface area contributed by atoms with Gasteiger partial charge < -0.3 is 10.2 Å². The van der Waals surface area contributed by atoms with Crippen LogP contribution in [0.5, 0.6) is 0 Å². The molecule has 2 saturated heterocycles. The lowest BCUT2D eigenvalue weighted by molar-refractivity contribution is 0.158. The number of halogens is 1. The summed E-state index contributed by atoms with van der Waals surface area (Å²) < 4.78 is 14.1. The Morgan fingerprint density at radius 2 is 1.90 bits per heavy atom. The summed E-state index contributed by atoms with van der Waals surface area (Å²) in [6.07, 6.45) is 5.71. The van der Waals surface area contributed by atoms with E-state index in [0.29, 0.717) is 29.5 Å². The SMILES string of the molecule is CCCNc1nc(C2CC3CCC(C2)N3C)nc(C)c1F. The molecule has 2 unspecified atom stereocenters. The zero-order valence-electron chi connectivity index (χ0n) is 13.2. The molecule has 0 radical (unpaired) electrons. The van der Waals surface area contributed by atoms with E-state index in [1.807, 2.05) is 0 Å². The lowest BCUT2D eigenvalue weighted by Crippen LogP contribution is -2.39. The predicted octanol–water partition coefficient (Wildman–Crippen LogP) is 3.09. The summed E-state index contributed by atoms with van der Waals surface area (Å²) in [7, 11) is 2.23. The molecular formula is C16H25FN4. The molecule has 0 aliphatic carbocycles. The van der Waals surface area contributed by atoms with Crippen LogP contribution < -0.4 is 5.32 Å². The number of rotatable bonds is 4. The summed E-state index contributed by atoms with van der Waals surface area (Å²) in [5.74, 6) is 1.28. The van der Waals surface area contributed by atoms with Crippen LogP contribution in [0.2, 0.25) is 0 Å². The predicted molar refractivity (Wildman–Crippen MR) is 82.1 cm³/mol. The summed E-state index contributed by atoms with van der Waals surface area (Å²) in [6, 6.07) is 1.30. The molecule has 1 N–H and O–H groups in total. The van der Waals surface area contributed by atoms with E-state index in [2.05, 4.69) is 34.2 Å². The Morgan fingerprint density at radius 3 is 2.52 bits per heavy atom. The Morgan fingerprint density at radius 1 is 1.24 bits per heavy atom. The van der Waals surface area contributed by atoms with Gasteiger partial charge in [-0.2, -0.15) is 0 Å². The van der Waals surface area contributed by atoms with E-state index in [4.69, 9.17) is 0 Å². The molecule has 1 aromatic rings. The van der Waals surface area contributed by atoms with E-state index in [-0.39, 0.29) is 5.82 Å². The van der Waals surface area contributed by atoms with E-state index in [0.717, 1.165) is 31.6 Å². The number of fused-ring (bicyclic) bond motifs is 2. The van der Waals surface area contributed by atoms with Crippen molar-refractivity contribution in [2.45, 2.75) is 64.0 Å². The minimum Gasteiger partial charge on any atom is -0.368 e. The Hall–Kier alpha value is -1.23. The zero-order valence-corrected chi connectivity index (χ0v) is 13.2. The van der Waals surface area contributed by atoms with E-state index in [9.17, 15) is 4.39 Å². The highest BCUT2D eigenvalue weighted by molar-refractivity contribution is 5.38. The second kappa shape index (κ2) is 5.87. The Labute approximate surface area is 126 Å². The highest BCUT2D eigenvalue weighted by Crippen LogP contribution is 2.41. The molecule has 0 amide bonds. The smallest absolute Gasteiger partial charge is 0.186 e. The highest BCUT2D eigenvalue weighted by Gasteiger charge is 2.40. The summed E-state index contributed by atoms with van der Waals surface area (Å²) in [5, 5.41) is 3.09. The van der Waals surface area contributed by atoms with Gasteiger partial charge in [0.05, 0.1) is 5.69 Å². The third kappa shape index (κ3) is 2.76. The Kier molecular flexibility index (Phi) is 4.11. The first-order valence-corrected chi connectivity index (χ1v) is 8.10. The molecule has 2 aliphatic rings. The van der Waals surface area contributed by atoms with Crippen LogP contribution >= 0.6 is 0 Å². The maximum Gasteiger partial charge on any atom is 0.186 e. The summed E-state index contributed by atoms with van der Waals surface area (Å²) >= 11 is 0. The van der Waals surface area contributed by atoms with Crippen molar-refractivity contribution in [2.24, 2.45) is 0 Å². The Bertz CT molecular complexity index is 505. The third-order valence-corrected chi connectivity index (χ3v) is 5.04. The number of hydrogen-bond acceptors (Lipinski definition) is 4. The van der Waals surface area contributed by atoms with Gasteiger partial charge in [0.1, 0.15) is 5.82 Å². The largest absolute Gasteiger partial charge is 0.368 e. The first-order valence-electron chi connectivity index (χ1n) is 8.10. The number of nitrogens with one attached hydrogen (secondary N) is 1. The molecule has 116 valence electrons. The van der Waals surface area contributed by atoms with E-state index in [1.54, 1.807) is 6.92 Å². The number of aryl methyl sites for hydroxylation is 1. The van der Waals surface area contributed by atoms with Gasteiger partial charge in [0.2, 0.25) is 0 Å². The van der Waals surface area contributed by atoms with Crippen LogP contribution in [0.1, 0.15) is 56.5 Å². The number of piperidine rings is 1. The molecule has 2 fully saturated rings. The molecule has 1 aromatic heterocycles. The fourth-order valence-corrected chi connectivity index (χ4v) is 3.75. The molecule has 2 bridgehead atoms. The van der Waals surface area contributed by atoms with Gasteiger partial charge in [-0.15, -0.1) is 0 Å². The topological polar surface area (TPSA) is 41.1 Å². The molecule has 2 atom stereocenters. The fourth-order valence-electron chi connectivity index (χ4n) is 3.75. The quantitative estimate of drug-likeness (QED) is 0.926. The van der Waals surface area contributed by atoms with Crippen LogP contribution in [-0.4, -0.2) is 40.5 Å². The standard InChI is InChI=1S/C16H25FN4/c1-4-7-18-16-14(17)10(2)19-15(20-16)11-8-12-5-6-13(9-11)21(12)3/h11-13H,4-9H2,1-3H3,(H,18,19,20). The average molecular weight is 292 g/mol.